The lowest BCUT2D eigenvalue weighted by Gasteiger charge is -2.31. The van der Waals surface area contributed by atoms with Crippen LogP contribution in [0.15, 0.2) is 53.5 Å². The molecule has 124 valence electrons. The average molecular weight is 343 g/mol. The predicted molar refractivity (Wildman–Crippen MR) is 96.6 cm³/mol. The van der Waals surface area contributed by atoms with Crippen molar-refractivity contribution in [1.29, 1.82) is 0 Å². The summed E-state index contributed by atoms with van der Waals surface area (Å²) in [6.45, 7) is 1.86. The molecule has 0 aliphatic carbocycles. The molecule has 2 aromatic carbocycles. The summed E-state index contributed by atoms with van der Waals surface area (Å²) in [7, 11) is 0. The second-order valence-electron chi connectivity index (χ2n) is 5.85. The zero-order chi connectivity index (χ0) is 17.2. The first kappa shape index (κ1) is 16.5. The molecule has 0 saturated heterocycles. The molecule has 0 unspecified atom stereocenters. The summed E-state index contributed by atoms with van der Waals surface area (Å²) in [5.74, 6) is 0.175. The van der Waals surface area contributed by atoms with Gasteiger partial charge in [-0.1, -0.05) is 30.0 Å². The van der Waals surface area contributed by atoms with Crippen LogP contribution in [-0.2, 0) is 5.54 Å². The van der Waals surface area contributed by atoms with E-state index in [0.717, 1.165) is 5.75 Å². The molecule has 4 nitrogen and oxygen atoms in total. The average Bonchev–Trinajstić information content (AvgIpc) is 2.58. The Kier molecular flexibility index (Phi) is 4.57. The number of aliphatic imine (C=N–C) groups is 1. The zero-order valence-electron chi connectivity index (χ0n) is 13.3. The van der Waals surface area contributed by atoms with E-state index in [-0.39, 0.29) is 11.7 Å². The normalized spacial score (nSPS) is 20.3. The highest BCUT2D eigenvalue weighted by Gasteiger charge is 2.33. The van der Waals surface area contributed by atoms with Crippen LogP contribution in [0.2, 0.25) is 0 Å². The van der Waals surface area contributed by atoms with Crippen LogP contribution in [0, 0.1) is 5.82 Å². The first-order valence-electron chi connectivity index (χ1n) is 7.62. The Morgan fingerprint density at radius 3 is 2.79 bits per heavy atom. The number of nitrogen functional groups attached to an aromatic ring is 1. The molecule has 1 heterocycles. The number of benzene rings is 2. The van der Waals surface area contributed by atoms with Crippen LogP contribution in [0.5, 0.6) is 0 Å². The van der Waals surface area contributed by atoms with Crippen LogP contribution >= 0.6 is 11.8 Å². The van der Waals surface area contributed by atoms with Crippen molar-refractivity contribution in [1.82, 2.24) is 5.32 Å². The number of halogens is 1. The summed E-state index contributed by atoms with van der Waals surface area (Å²) in [5, 5.41) is 3.31. The summed E-state index contributed by atoms with van der Waals surface area (Å²) in [6.07, 6.45) is 0.669. The van der Waals surface area contributed by atoms with Gasteiger partial charge in [0.2, 0.25) is 0 Å². The molecule has 0 aromatic heterocycles. The summed E-state index contributed by atoms with van der Waals surface area (Å²) in [6, 6.07) is 13.4. The molecule has 3 rings (SSSR count). The van der Waals surface area contributed by atoms with Gasteiger partial charge in [-0.25, -0.2) is 4.39 Å². The fourth-order valence-electron chi connectivity index (χ4n) is 2.63. The molecule has 0 radical (unpaired) electrons. The monoisotopic (exact) mass is 343 g/mol. The maximum atomic E-state index is 14.2. The number of amides is 1. The van der Waals surface area contributed by atoms with Crippen molar-refractivity contribution in [3.8, 4) is 0 Å². The van der Waals surface area contributed by atoms with E-state index in [1.165, 1.54) is 23.9 Å². The largest absolute Gasteiger partial charge is 0.399 e. The predicted octanol–water partition coefficient (Wildman–Crippen LogP) is 3.55. The van der Waals surface area contributed by atoms with Crippen LogP contribution in [0.25, 0.3) is 0 Å². The quantitative estimate of drug-likeness (QED) is 0.820. The Bertz CT molecular complexity index is 794. The highest BCUT2D eigenvalue weighted by molar-refractivity contribution is 8.13. The minimum Gasteiger partial charge on any atom is -0.399 e. The SMILES string of the molecule is C[C@@]1(c2cc(N)ccc2F)CCSC(NC(=O)c2ccccc2)=N1. The second-order valence-corrected chi connectivity index (χ2v) is 6.93. The second kappa shape index (κ2) is 6.65. The van der Waals surface area contributed by atoms with Crippen LogP contribution in [0.3, 0.4) is 0 Å². The maximum absolute atomic E-state index is 14.2. The summed E-state index contributed by atoms with van der Waals surface area (Å²) < 4.78 is 14.2. The number of hydrogen-bond acceptors (Lipinski definition) is 4. The van der Waals surface area contributed by atoms with Gasteiger partial charge >= 0.3 is 0 Å². The molecule has 1 aliphatic heterocycles. The van der Waals surface area contributed by atoms with Crippen molar-refractivity contribution < 1.29 is 9.18 Å². The van der Waals surface area contributed by atoms with Gasteiger partial charge in [0, 0.05) is 22.6 Å². The molecular formula is C18H18FN3OS. The smallest absolute Gasteiger partial charge is 0.257 e. The number of carbonyl (C=O) groups excluding carboxylic acids is 1. The number of nitrogens with zero attached hydrogens (tertiary/aromatic N) is 1. The van der Waals surface area contributed by atoms with Gasteiger partial charge in [0.15, 0.2) is 5.17 Å². The van der Waals surface area contributed by atoms with Crippen molar-refractivity contribution in [2.75, 3.05) is 11.5 Å². The zero-order valence-corrected chi connectivity index (χ0v) is 14.1. The summed E-state index contributed by atoms with van der Waals surface area (Å²) in [4.78, 5) is 16.9. The molecule has 24 heavy (non-hydrogen) atoms. The molecular weight excluding hydrogens is 325 g/mol. The number of amidine groups is 1. The van der Waals surface area contributed by atoms with Crippen LogP contribution < -0.4 is 11.1 Å². The van der Waals surface area contributed by atoms with Gasteiger partial charge in [0.05, 0.1) is 5.54 Å². The molecule has 1 amide bonds. The van der Waals surface area contributed by atoms with Gasteiger partial charge in [0.25, 0.3) is 5.91 Å². The topological polar surface area (TPSA) is 67.5 Å². The highest BCUT2D eigenvalue weighted by atomic mass is 32.2. The van der Waals surface area contributed by atoms with E-state index in [0.29, 0.717) is 28.4 Å². The maximum Gasteiger partial charge on any atom is 0.257 e. The van der Waals surface area contributed by atoms with E-state index in [9.17, 15) is 9.18 Å². The number of anilines is 1. The fourth-order valence-corrected chi connectivity index (χ4v) is 3.76. The summed E-state index contributed by atoms with van der Waals surface area (Å²) >= 11 is 1.46. The van der Waals surface area contributed by atoms with Crippen LogP contribution in [0.1, 0.15) is 29.3 Å². The minimum atomic E-state index is -0.746. The third kappa shape index (κ3) is 3.43. The lowest BCUT2D eigenvalue weighted by atomic mass is 9.89. The van der Waals surface area contributed by atoms with Crippen molar-refractivity contribution in [3.05, 3.63) is 65.5 Å². The Hall–Kier alpha value is -2.34. The van der Waals surface area contributed by atoms with Crippen molar-refractivity contribution in [3.63, 3.8) is 0 Å². The molecule has 0 fully saturated rings. The number of carbonyl (C=O) groups is 1. The first-order valence-corrected chi connectivity index (χ1v) is 8.61. The van der Waals surface area contributed by atoms with Gasteiger partial charge in [-0.2, -0.15) is 0 Å². The fraction of sp³-hybridized carbons (Fsp3) is 0.222. The number of thioether (sulfide) groups is 1. The van der Waals surface area contributed by atoms with Gasteiger partial charge in [-0.3, -0.25) is 9.79 Å². The Morgan fingerprint density at radius 2 is 2.04 bits per heavy atom. The molecule has 2 aromatic rings. The van der Waals surface area contributed by atoms with E-state index in [2.05, 4.69) is 10.3 Å². The van der Waals surface area contributed by atoms with Gasteiger partial charge in [-0.05, 0) is 43.7 Å². The van der Waals surface area contributed by atoms with Gasteiger partial charge in [0.1, 0.15) is 5.82 Å². The van der Waals surface area contributed by atoms with E-state index in [1.54, 1.807) is 30.3 Å². The van der Waals surface area contributed by atoms with E-state index in [1.807, 2.05) is 13.0 Å². The lowest BCUT2D eigenvalue weighted by molar-refractivity contribution is 0.0977. The van der Waals surface area contributed by atoms with Crippen LogP contribution in [0.4, 0.5) is 10.1 Å². The van der Waals surface area contributed by atoms with E-state index >= 15 is 0 Å². The minimum absolute atomic E-state index is 0.223. The molecule has 1 aliphatic rings. The molecule has 0 bridgehead atoms. The standard InChI is InChI=1S/C18H18FN3OS/c1-18(14-11-13(20)7-8-15(14)19)9-10-24-17(22-18)21-16(23)12-5-3-2-4-6-12/h2-8,11H,9-10,20H2,1H3,(H,21,22,23)/t18-/m0/s1. The molecule has 3 N–H and O–H groups in total. The highest BCUT2D eigenvalue weighted by Crippen LogP contribution is 2.37. The van der Waals surface area contributed by atoms with E-state index < -0.39 is 5.54 Å². The number of nitrogens with two attached hydrogens (primary N) is 1. The van der Waals surface area contributed by atoms with Crippen molar-refractivity contribution in [2.45, 2.75) is 18.9 Å². The number of rotatable bonds is 2. The number of nitrogens with one attached hydrogen (secondary N) is 1. The molecule has 0 saturated carbocycles. The molecule has 1 atom stereocenters. The lowest BCUT2D eigenvalue weighted by Crippen LogP contribution is -2.35. The van der Waals surface area contributed by atoms with Crippen LogP contribution in [-0.4, -0.2) is 16.8 Å². The Morgan fingerprint density at radius 1 is 1.29 bits per heavy atom. The first-order chi connectivity index (χ1) is 11.5. The van der Waals surface area contributed by atoms with Crippen molar-refractivity contribution in [2.24, 2.45) is 4.99 Å². The Balaban J connectivity index is 1.87. The Labute approximate surface area is 144 Å². The summed E-state index contributed by atoms with van der Waals surface area (Å²) in [5.41, 5.74) is 6.56. The van der Waals surface area contributed by atoms with Crippen molar-refractivity contribution >= 4 is 28.5 Å². The molecule has 0 spiro atoms. The van der Waals surface area contributed by atoms with Gasteiger partial charge < -0.3 is 11.1 Å². The third-order valence-corrected chi connectivity index (χ3v) is 4.88. The third-order valence-electron chi connectivity index (χ3n) is 4.00. The number of hydrogen-bond donors (Lipinski definition) is 2. The molecule has 6 heteroatoms. The van der Waals surface area contributed by atoms with Gasteiger partial charge in [-0.15, -0.1) is 0 Å². The van der Waals surface area contributed by atoms with E-state index in [4.69, 9.17) is 5.73 Å².